The van der Waals surface area contributed by atoms with Gasteiger partial charge in [-0.2, -0.15) is 0 Å². The number of benzene rings is 2. The Morgan fingerprint density at radius 3 is 1.73 bits per heavy atom. The lowest BCUT2D eigenvalue weighted by atomic mass is 10.2. The van der Waals surface area contributed by atoms with Crippen molar-refractivity contribution < 1.29 is 9.53 Å². The molecule has 0 radical (unpaired) electrons. The van der Waals surface area contributed by atoms with E-state index in [1.165, 1.54) is 0 Å². The Kier molecular flexibility index (Phi) is 5.04. The molecule has 0 saturated carbocycles. The second kappa shape index (κ2) is 6.98. The Balaban J connectivity index is 1.94. The molecule has 0 aliphatic rings. The Hall–Kier alpha value is -2.49. The number of nitrogens with zero attached hydrogens (tertiary/aromatic N) is 2. The van der Waals surface area contributed by atoms with Gasteiger partial charge in [-0.1, -0.05) is 12.1 Å². The molecule has 2 aromatic carbocycles. The zero-order valence-electron chi connectivity index (χ0n) is 13.5. The molecule has 0 fully saturated rings. The van der Waals surface area contributed by atoms with Gasteiger partial charge >= 0.3 is 5.97 Å². The van der Waals surface area contributed by atoms with E-state index in [2.05, 4.69) is 0 Å². The average Bonchev–Trinajstić information content (AvgIpc) is 2.53. The Labute approximate surface area is 131 Å². The van der Waals surface area contributed by atoms with Gasteiger partial charge in [0.2, 0.25) is 0 Å². The minimum atomic E-state index is -0.304. The summed E-state index contributed by atoms with van der Waals surface area (Å²) in [6.07, 6.45) is 0. The van der Waals surface area contributed by atoms with Gasteiger partial charge in [0.25, 0.3) is 0 Å². The quantitative estimate of drug-likeness (QED) is 0.794. The number of carbonyl (C=O) groups is 1. The molecule has 4 nitrogen and oxygen atoms in total. The van der Waals surface area contributed by atoms with Gasteiger partial charge in [0.15, 0.2) is 0 Å². The smallest absolute Gasteiger partial charge is 0.338 e. The molecule has 2 rings (SSSR count). The first-order chi connectivity index (χ1) is 10.5. The molecule has 0 bridgehead atoms. The van der Waals surface area contributed by atoms with Crippen LogP contribution in [0.2, 0.25) is 0 Å². The highest BCUT2D eigenvalue weighted by Crippen LogP contribution is 2.15. The van der Waals surface area contributed by atoms with Crippen LogP contribution in [-0.2, 0) is 11.3 Å². The van der Waals surface area contributed by atoms with Gasteiger partial charge in [0.05, 0.1) is 5.56 Å². The summed E-state index contributed by atoms with van der Waals surface area (Å²) in [6.45, 7) is 0.280. The zero-order valence-corrected chi connectivity index (χ0v) is 13.5. The van der Waals surface area contributed by atoms with Crippen LogP contribution in [0.3, 0.4) is 0 Å². The molecule has 22 heavy (non-hydrogen) atoms. The van der Waals surface area contributed by atoms with Crippen LogP contribution in [-0.4, -0.2) is 34.2 Å². The molecular weight excluding hydrogens is 276 g/mol. The van der Waals surface area contributed by atoms with Gasteiger partial charge in [0, 0.05) is 39.6 Å². The maximum absolute atomic E-state index is 12.0. The molecule has 0 heterocycles. The number of hydrogen-bond acceptors (Lipinski definition) is 4. The molecule has 0 aromatic heterocycles. The third kappa shape index (κ3) is 4.01. The fourth-order valence-corrected chi connectivity index (χ4v) is 2.02. The summed E-state index contributed by atoms with van der Waals surface area (Å²) >= 11 is 0. The van der Waals surface area contributed by atoms with E-state index in [4.69, 9.17) is 4.74 Å². The van der Waals surface area contributed by atoms with Crippen molar-refractivity contribution in [1.29, 1.82) is 0 Å². The Morgan fingerprint density at radius 1 is 0.818 bits per heavy atom. The van der Waals surface area contributed by atoms with Crippen molar-refractivity contribution in [3.63, 3.8) is 0 Å². The monoisotopic (exact) mass is 298 g/mol. The molecule has 0 unspecified atom stereocenters. The highest BCUT2D eigenvalue weighted by Gasteiger charge is 2.08. The maximum atomic E-state index is 12.0. The van der Waals surface area contributed by atoms with Crippen LogP contribution in [0.1, 0.15) is 15.9 Å². The van der Waals surface area contributed by atoms with E-state index < -0.39 is 0 Å². The van der Waals surface area contributed by atoms with Crippen LogP contribution in [0.15, 0.2) is 48.5 Å². The van der Waals surface area contributed by atoms with E-state index in [1.54, 1.807) is 12.1 Å². The second-order valence-corrected chi connectivity index (χ2v) is 5.58. The van der Waals surface area contributed by atoms with E-state index in [0.717, 1.165) is 16.9 Å². The normalized spacial score (nSPS) is 10.2. The maximum Gasteiger partial charge on any atom is 0.338 e. The van der Waals surface area contributed by atoms with Gasteiger partial charge in [0.1, 0.15) is 6.61 Å². The van der Waals surface area contributed by atoms with Crippen LogP contribution in [0, 0.1) is 0 Å². The third-order valence-corrected chi connectivity index (χ3v) is 3.44. The standard InChI is InChI=1S/C18H22N2O2/c1-19(2)16-9-5-14(6-10-16)13-22-18(21)15-7-11-17(12-8-15)20(3)4/h5-12H,13H2,1-4H3. The predicted molar refractivity (Wildman–Crippen MR) is 90.7 cm³/mol. The first kappa shape index (κ1) is 15.9. The lowest BCUT2D eigenvalue weighted by Crippen LogP contribution is -2.10. The van der Waals surface area contributed by atoms with Crippen molar-refractivity contribution >= 4 is 17.3 Å². The molecular formula is C18H22N2O2. The second-order valence-electron chi connectivity index (χ2n) is 5.58. The molecule has 4 heteroatoms. The van der Waals surface area contributed by atoms with Crippen molar-refractivity contribution in [3.05, 3.63) is 59.7 Å². The van der Waals surface area contributed by atoms with E-state index in [0.29, 0.717) is 5.56 Å². The average molecular weight is 298 g/mol. The van der Waals surface area contributed by atoms with Crippen molar-refractivity contribution in [1.82, 2.24) is 0 Å². The summed E-state index contributed by atoms with van der Waals surface area (Å²) in [5.41, 5.74) is 3.71. The topological polar surface area (TPSA) is 32.8 Å². The SMILES string of the molecule is CN(C)c1ccc(COC(=O)c2ccc(N(C)C)cc2)cc1. The highest BCUT2D eigenvalue weighted by atomic mass is 16.5. The number of rotatable bonds is 5. The number of carbonyl (C=O) groups excluding carboxylic acids is 1. The highest BCUT2D eigenvalue weighted by molar-refractivity contribution is 5.89. The van der Waals surface area contributed by atoms with Gasteiger partial charge in [-0.25, -0.2) is 4.79 Å². The molecule has 0 aliphatic carbocycles. The Bertz CT molecular complexity index is 617. The predicted octanol–water partition coefficient (Wildman–Crippen LogP) is 3.18. The van der Waals surface area contributed by atoms with Gasteiger partial charge in [-0.15, -0.1) is 0 Å². The number of hydrogen-bond donors (Lipinski definition) is 0. The molecule has 116 valence electrons. The molecule has 0 spiro atoms. The van der Waals surface area contributed by atoms with Crippen LogP contribution in [0.4, 0.5) is 11.4 Å². The van der Waals surface area contributed by atoms with Crippen molar-refractivity contribution in [2.75, 3.05) is 38.0 Å². The van der Waals surface area contributed by atoms with Gasteiger partial charge in [-0.3, -0.25) is 0 Å². The van der Waals surface area contributed by atoms with Gasteiger partial charge in [-0.05, 0) is 42.0 Å². The lowest BCUT2D eigenvalue weighted by molar-refractivity contribution is 0.0473. The summed E-state index contributed by atoms with van der Waals surface area (Å²) in [7, 11) is 7.91. The van der Waals surface area contributed by atoms with E-state index in [-0.39, 0.29) is 12.6 Å². The summed E-state index contributed by atoms with van der Waals surface area (Å²) in [5, 5.41) is 0. The molecule has 0 atom stereocenters. The van der Waals surface area contributed by atoms with E-state index in [1.807, 2.05) is 74.4 Å². The molecule has 0 aliphatic heterocycles. The summed E-state index contributed by atoms with van der Waals surface area (Å²) < 4.78 is 5.35. The first-order valence-corrected chi connectivity index (χ1v) is 7.18. The van der Waals surface area contributed by atoms with Crippen molar-refractivity contribution in [2.24, 2.45) is 0 Å². The fraction of sp³-hybridized carbons (Fsp3) is 0.278. The van der Waals surface area contributed by atoms with Crippen LogP contribution < -0.4 is 9.80 Å². The zero-order chi connectivity index (χ0) is 16.1. The summed E-state index contributed by atoms with van der Waals surface area (Å²) in [4.78, 5) is 16.0. The molecule has 0 amide bonds. The van der Waals surface area contributed by atoms with Crippen LogP contribution >= 0.6 is 0 Å². The minimum Gasteiger partial charge on any atom is -0.457 e. The number of esters is 1. The fourth-order valence-electron chi connectivity index (χ4n) is 2.02. The summed E-state index contributed by atoms with van der Waals surface area (Å²) in [5.74, 6) is -0.304. The number of anilines is 2. The molecule has 0 saturated heterocycles. The molecule has 0 N–H and O–H groups in total. The van der Waals surface area contributed by atoms with Crippen molar-refractivity contribution in [3.8, 4) is 0 Å². The molecule has 2 aromatic rings. The Morgan fingerprint density at radius 2 is 1.27 bits per heavy atom. The first-order valence-electron chi connectivity index (χ1n) is 7.18. The number of ether oxygens (including phenoxy) is 1. The summed E-state index contributed by atoms with van der Waals surface area (Å²) in [6, 6.07) is 15.3. The lowest BCUT2D eigenvalue weighted by Gasteiger charge is -2.13. The van der Waals surface area contributed by atoms with Crippen LogP contribution in [0.25, 0.3) is 0 Å². The third-order valence-electron chi connectivity index (χ3n) is 3.44. The van der Waals surface area contributed by atoms with Crippen molar-refractivity contribution in [2.45, 2.75) is 6.61 Å². The largest absolute Gasteiger partial charge is 0.457 e. The minimum absolute atomic E-state index is 0.280. The van der Waals surface area contributed by atoms with E-state index in [9.17, 15) is 4.79 Å². The van der Waals surface area contributed by atoms with Gasteiger partial charge < -0.3 is 14.5 Å². The van der Waals surface area contributed by atoms with Crippen LogP contribution in [0.5, 0.6) is 0 Å². The van der Waals surface area contributed by atoms with E-state index >= 15 is 0 Å².